The second-order valence-corrected chi connectivity index (χ2v) is 7.11. The maximum Gasteiger partial charge on any atom is 0.316 e. The number of nitrogens with zero attached hydrogens (tertiary/aromatic N) is 2. The van der Waals surface area contributed by atoms with Crippen LogP contribution in [0.5, 0.6) is 0 Å². The first-order valence-corrected chi connectivity index (χ1v) is 7.56. The number of carbonyl (C=O) groups is 2. The van der Waals surface area contributed by atoms with E-state index < -0.39 is 17.3 Å². The van der Waals surface area contributed by atoms with E-state index in [1.807, 2.05) is 20.8 Å². The number of aliphatic carboxylic acids is 1. The standard InChI is InChI=1S/C15H26N2O3/c1-15(2,3)12(14(19)20)13(18)17-9-5-8-16-7-4-6-11(16)10-17/h11-12H,4-10H2,1-3H3,(H,19,20). The van der Waals surface area contributed by atoms with Crippen molar-refractivity contribution in [1.29, 1.82) is 0 Å². The lowest BCUT2D eigenvalue weighted by molar-refractivity contribution is -0.156. The van der Waals surface area contributed by atoms with Gasteiger partial charge in [-0.3, -0.25) is 14.5 Å². The molecule has 0 radical (unpaired) electrons. The third-order valence-corrected chi connectivity index (χ3v) is 4.48. The molecule has 0 aromatic carbocycles. The highest BCUT2D eigenvalue weighted by atomic mass is 16.4. The van der Waals surface area contributed by atoms with Crippen molar-refractivity contribution in [3.8, 4) is 0 Å². The van der Waals surface area contributed by atoms with Crippen molar-refractivity contribution in [2.45, 2.75) is 46.1 Å². The summed E-state index contributed by atoms with van der Waals surface area (Å²) in [7, 11) is 0. The Morgan fingerprint density at radius 3 is 2.40 bits per heavy atom. The zero-order valence-electron chi connectivity index (χ0n) is 12.8. The Morgan fingerprint density at radius 2 is 1.80 bits per heavy atom. The quantitative estimate of drug-likeness (QED) is 0.778. The zero-order chi connectivity index (χ0) is 14.9. The van der Waals surface area contributed by atoms with E-state index in [0.717, 1.165) is 25.9 Å². The van der Waals surface area contributed by atoms with Gasteiger partial charge < -0.3 is 10.0 Å². The van der Waals surface area contributed by atoms with E-state index in [2.05, 4.69) is 4.90 Å². The third kappa shape index (κ3) is 3.14. The molecule has 5 heteroatoms. The minimum atomic E-state index is -1.00. The average Bonchev–Trinajstić information content (AvgIpc) is 2.64. The monoisotopic (exact) mass is 282 g/mol. The molecule has 1 N–H and O–H groups in total. The van der Waals surface area contributed by atoms with Crippen molar-refractivity contribution in [2.75, 3.05) is 26.2 Å². The molecule has 0 saturated carbocycles. The summed E-state index contributed by atoms with van der Waals surface area (Å²) in [5, 5.41) is 9.41. The molecule has 20 heavy (non-hydrogen) atoms. The first-order valence-electron chi connectivity index (χ1n) is 7.56. The van der Waals surface area contributed by atoms with Gasteiger partial charge in [-0.15, -0.1) is 0 Å². The van der Waals surface area contributed by atoms with Crippen LogP contribution in [0, 0.1) is 11.3 Å². The highest BCUT2D eigenvalue weighted by molar-refractivity contribution is 5.97. The number of hydrogen-bond acceptors (Lipinski definition) is 3. The summed E-state index contributed by atoms with van der Waals surface area (Å²) < 4.78 is 0. The highest BCUT2D eigenvalue weighted by Gasteiger charge is 2.41. The Morgan fingerprint density at radius 1 is 1.15 bits per heavy atom. The Bertz CT molecular complexity index is 389. The SMILES string of the molecule is CC(C)(C)C(C(=O)O)C(=O)N1CCCN2CCCC2C1. The predicted octanol–water partition coefficient (Wildman–Crippen LogP) is 1.43. The summed E-state index contributed by atoms with van der Waals surface area (Å²) in [5.41, 5.74) is -0.551. The molecule has 2 atom stereocenters. The van der Waals surface area contributed by atoms with Crippen LogP contribution < -0.4 is 0 Å². The van der Waals surface area contributed by atoms with E-state index in [-0.39, 0.29) is 5.91 Å². The van der Waals surface area contributed by atoms with Crippen LogP contribution >= 0.6 is 0 Å². The molecule has 0 bridgehead atoms. The molecule has 2 heterocycles. The van der Waals surface area contributed by atoms with E-state index in [0.29, 0.717) is 19.1 Å². The summed E-state index contributed by atoms with van der Waals surface area (Å²) in [5.74, 6) is -2.16. The fraction of sp³-hybridized carbons (Fsp3) is 0.867. The van der Waals surface area contributed by atoms with Crippen molar-refractivity contribution in [2.24, 2.45) is 11.3 Å². The van der Waals surface area contributed by atoms with Crippen molar-refractivity contribution < 1.29 is 14.7 Å². The second-order valence-electron chi connectivity index (χ2n) is 7.11. The first kappa shape index (κ1) is 15.3. The molecule has 5 nitrogen and oxygen atoms in total. The minimum absolute atomic E-state index is 0.209. The first-order chi connectivity index (χ1) is 9.30. The molecule has 0 aliphatic carbocycles. The number of carboxylic acid groups (broad SMARTS) is 1. The van der Waals surface area contributed by atoms with E-state index in [4.69, 9.17) is 0 Å². The summed E-state index contributed by atoms with van der Waals surface area (Å²) in [4.78, 5) is 28.4. The van der Waals surface area contributed by atoms with Crippen molar-refractivity contribution in [3.05, 3.63) is 0 Å². The van der Waals surface area contributed by atoms with Gasteiger partial charge in [-0.2, -0.15) is 0 Å². The molecule has 0 spiro atoms. The van der Waals surface area contributed by atoms with Gasteiger partial charge in [-0.05, 0) is 31.2 Å². The Hall–Kier alpha value is -1.10. The number of hydrogen-bond donors (Lipinski definition) is 1. The Labute approximate surface area is 120 Å². The van der Waals surface area contributed by atoms with E-state index in [9.17, 15) is 14.7 Å². The van der Waals surface area contributed by atoms with Gasteiger partial charge in [0.2, 0.25) is 5.91 Å². The molecule has 0 aromatic rings. The van der Waals surface area contributed by atoms with E-state index >= 15 is 0 Å². The molecule has 2 aliphatic rings. The fourth-order valence-corrected chi connectivity index (χ4v) is 3.44. The molecule has 2 fully saturated rings. The van der Waals surface area contributed by atoms with Crippen LogP contribution in [0.15, 0.2) is 0 Å². The lowest BCUT2D eigenvalue weighted by atomic mass is 9.79. The van der Waals surface area contributed by atoms with Crippen LogP contribution in [0.2, 0.25) is 0 Å². The van der Waals surface area contributed by atoms with E-state index in [1.54, 1.807) is 4.90 Å². The van der Waals surface area contributed by atoms with Gasteiger partial charge in [0.25, 0.3) is 0 Å². The van der Waals surface area contributed by atoms with Gasteiger partial charge in [0, 0.05) is 25.7 Å². The Balaban J connectivity index is 2.12. The van der Waals surface area contributed by atoms with Crippen molar-refractivity contribution in [3.63, 3.8) is 0 Å². The second kappa shape index (κ2) is 5.72. The molecular formula is C15H26N2O3. The van der Waals surface area contributed by atoms with Gasteiger partial charge in [-0.1, -0.05) is 20.8 Å². The van der Waals surface area contributed by atoms with Crippen LogP contribution in [-0.4, -0.2) is 59.0 Å². The maximum absolute atomic E-state index is 12.7. The molecule has 114 valence electrons. The number of amides is 1. The van der Waals surface area contributed by atoms with E-state index in [1.165, 1.54) is 6.42 Å². The Kier molecular flexibility index (Phi) is 4.37. The minimum Gasteiger partial charge on any atom is -0.481 e. The highest BCUT2D eigenvalue weighted by Crippen LogP contribution is 2.30. The van der Waals surface area contributed by atoms with Crippen LogP contribution in [0.25, 0.3) is 0 Å². The number of rotatable bonds is 2. The molecule has 2 rings (SSSR count). The lowest BCUT2D eigenvalue weighted by Gasteiger charge is -2.32. The molecule has 2 aliphatic heterocycles. The number of carbonyl (C=O) groups excluding carboxylic acids is 1. The summed E-state index contributed by atoms with van der Waals surface area (Å²) in [6.07, 6.45) is 3.25. The van der Waals surface area contributed by atoms with Gasteiger partial charge in [0.1, 0.15) is 5.92 Å². The molecule has 0 aromatic heterocycles. The predicted molar refractivity (Wildman–Crippen MR) is 76.4 cm³/mol. The van der Waals surface area contributed by atoms with Gasteiger partial charge >= 0.3 is 5.97 Å². The smallest absolute Gasteiger partial charge is 0.316 e. The van der Waals surface area contributed by atoms with Crippen molar-refractivity contribution >= 4 is 11.9 Å². The summed E-state index contributed by atoms with van der Waals surface area (Å²) in [6.45, 7) is 9.00. The van der Waals surface area contributed by atoms with Crippen LogP contribution in [0.1, 0.15) is 40.0 Å². The van der Waals surface area contributed by atoms with Crippen molar-refractivity contribution in [1.82, 2.24) is 9.80 Å². The largest absolute Gasteiger partial charge is 0.481 e. The third-order valence-electron chi connectivity index (χ3n) is 4.48. The summed E-state index contributed by atoms with van der Waals surface area (Å²) in [6, 6.07) is 0.427. The lowest BCUT2D eigenvalue weighted by Crippen LogP contribution is -2.47. The van der Waals surface area contributed by atoms with Gasteiger partial charge in [-0.25, -0.2) is 0 Å². The summed E-state index contributed by atoms with van der Waals surface area (Å²) >= 11 is 0. The van der Waals surface area contributed by atoms with Gasteiger partial charge in [0.15, 0.2) is 0 Å². The van der Waals surface area contributed by atoms with Crippen LogP contribution in [-0.2, 0) is 9.59 Å². The molecule has 2 unspecified atom stereocenters. The van der Waals surface area contributed by atoms with Gasteiger partial charge in [0.05, 0.1) is 0 Å². The number of carboxylic acids is 1. The van der Waals surface area contributed by atoms with Crippen LogP contribution in [0.3, 0.4) is 0 Å². The zero-order valence-corrected chi connectivity index (χ0v) is 12.8. The average molecular weight is 282 g/mol. The molecule has 1 amide bonds. The molecule has 2 saturated heterocycles. The van der Waals surface area contributed by atoms with Crippen LogP contribution in [0.4, 0.5) is 0 Å². The normalized spacial score (nSPS) is 25.9. The fourth-order valence-electron chi connectivity index (χ4n) is 3.44. The topological polar surface area (TPSA) is 60.9 Å². The molecular weight excluding hydrogens is 256 g/mol. The number of fused-ring (bicyclic) bond motifs is 1. The maximum atomic E-state index is 12.7.